The Hall–Kier alpha value is -3.46. The van der Waals surface area contributed by atoms with E-state index < -0.39 is 0 Å². The summed E-state index contributed by atoms with van der Waals surface area (Å²) in [6.45, 7) is 3.24. The summed E-state index contributed by atoms with van der Waals surface area (Å²) in [7, 11) is 3.69. The van der Waals surface area contributed by atoms with Gasteiger partial charge in [0.15, 0.2) is 0 Å². The number of hydrogen-bond donors (Lipinski definition) is 2. The first-order valence-corrected chi connectivity index (χ1v) is 9.82. The highest BCUT2D eigenvalue weighted by Gasteiger charge is 2.23. The molecule has 0 unspecified atom stereocenters. The van der Waals surface area contributed by atoms with Crippen LogP contribution in [0.4, 0.5) is 17.2 Å². The Morgan fingerprint density at radius 2 is 1.83 bits per heavy atom. The fourth-order valence-corrected chi connectivity index (χ4v) is 3.51. The van der Waals surface area contributed by atoms with Crippen molar-refractivity contribution in [3.05, 3.63) is 47.7 Å². The van der Waals surface area contributed by atoms with Gasteiger partial charge in [-0.1, -0.05) is 6.07 Å². The molecule has 2 aliphatic heterocycles. The van der Waals surface area contributed by atoms with Gasteiger partial charge in [-0.05, 0) is 31.3 Å². The van der Waals surface area contributed by atoms with Gasteiger partial charge >= 0.3 is 0 Å². The lowest BCUT2D eigenvalue weighted by atomic mass is 10.1. The Labute approximate surface area is 174 Å². The van der Waals surface area contributed by atoms with E-state index in [-0.39, 0.29) is 24.3 Å². The average Bonchev–Trinajstić information content (AvgIpc) is 2.76. The Morgan fingerprint density at radius 1 is 1.07 bits per heavy atom. The van der Waals surface area contributed by atoms with Gasteiger partial charge in [0.2, 0.25) is 5.91 Å². The highest BCUT2D eigenvalue weighted by Crippen LogP contribution is 2.27. The zero-order chi connectivity index (χ0) is 21.3. The summed E-state index contributed by atoms with van der Waals surface area (Å²) in [5.74, 6) is 0.0622. The summed E-state index contributed by atoms with van der Waals surface area (Å²) < 4.78 is 0. The maximum absolute atomic E-state index is 12.8. The number of carbonyl (C=O) groups excluding carboxylic acids is 3. The number of aromatic nitrogens is 1. The molecule has 0 atom stereocenters. The molecule has 9 heteroatoms. The van der Waals surface area contributed by atoms with Crippen molar-refractivity contribution < 1.29 is 14.4 Å². The third-order valence-electron chi connectivity index (χ3n) is 5.43. The van der Waals surface area contributed by atoms with E-state index in [9.17, 15) is 14.4 Å². The smallest absolute Gasteiger partial charge is 0.257 e. The molecular weight excluding hydrogens is 384 g/mol. The number of anilines is 3. The second kappa shape index (κ2) is 8.11. The molecule has 1 fully saturated rings. The van der Waals surface area contributed by atoms with Crippen LogP contribution in [0.25, 0.3) is 0 Å². The summed E-state index contributed by atoms with van der Waals surface area (Å²) in [5, 5.41) is 5.75. The predicted octanol–water partition coefficient (Wildman–Crippen LogP) is 1.11. The molecule has 30 heavy (non-hydrogen) atoms. The molecule has 4 rings (SSSR count). The topological polar surface area (TPSA) is 97.9 Å². The summed E-state index contributed by atoms with van der Waals surface area (Å²) in [6, 6.07) is 8.55. The highest BCUT2D eigenvalue weighted by molar-refractivity contribution is 6.08. The van der Waals surface area contributed by atoms with E-state index >= 15 is 0 Å². The van der Waals surface area contributed by atoms with E-state index in [0.717, 1.165) is 13.1 Å². The molecule has 2 aliphatic rings. The van der Waals surface area contributed by atoms with Crippen LogP contribution in [0.5, 0.6) is 0 Å². The fourth-order valence-electron chi connectivity index (χ4n) is 3.51. The normalized spacial score (nSPS) is 16.7. The molecule has 1 aromatic heterocycles. The maximum atomic E-state index is 12.8. The second-order valence-electron chi connectivity index (χ2n) is 7.53. The number of amides is 3. The molecule has 3 heterocycles. The second-order valence-corrected chi connectivity index (χ2v) is 7.53. The van der Waals surface area contributed by atoms with Crippen LogP contribution in [-0.4, -0.2) is 79.3 Å². The van der Waals surface area contributed by atoms with E-state index in [1.807, 2.05) is 11.9 Å². The number of fused-ring (bicyclic) bond motifs is 1. The van der Waals surface area contributed by atoms with Crippen molar-refractivity contribution in [1.29, 1.82) is 0 Å². The summed E-state index contributed by atoms with van der Waals surface area (Å²) in [5.41, 5.74) is 1.95. The van der Waals surface area contributed by atoms with Crippen molar-refractivity contribution in [2.24, 2.45) is 0 Å². The van der Waals surface area contributed by atoms with Gasteiger partial charge in [0.1, 0.15) is 5.82 Å². The van der Waals surface area contributed by atoms with E-state index in [4.69, 9.17) is 0 Å². The predicted molar refractivity (Wildman–Crippen MR) is 114 cm³/mol. The van der Waals surface area contributed by atoms with Crippen LogP contribution in [0.15, 0.2) is 36.5 Å². The number of nitrogens with zero attached hydrogens (tertiary/aromatic N) is 4. The van der Waals surface area contributed by atoms with Gasteiger partial charge in [-0.3, -0.25) is 14.4 Å². The van der Waals surface area contributed by atoms with Crippen LogP contribution in [0.1, 0.15) is 20.7 Å². The molecule has 1 saturated heterocycles. The van der Waals surface area contributed by atoms with Gasteiger partial charge in [-0.25, -0.2) is 4.98 Å². The van der Waals surface area contributed by atoms with Crippen LogP contribution in [0, 0.1) is 0 Å². The number of piperazine rings is 1. The van der Waals surface area contributed by atoms with Gasteiger partial charge in [0, 0.05) is 50.7 Å². The first-order valence-electron chi connectivity index (χ1n) is 9.82. The number of carbonyl (C=O) groups is 3. The van der Waals surface area contributed by atoms with Crippen LogP contribution >= 0.6 is 0 Å². The van der Waals surface area contributed by atoms with Crippen LogP contribution in [0.3, 0.4) is 0 Å². The third-order valence-corrected chi connectivity index (χ3v) is 5.43. The molecular formula is C21H24N6O3. The molecule has 2 aromatic rings. The minimum absolute atomic E-state index is 0.0409. The van der Waals surface area contributed by atoms with Gasteiger partial charge in [-0.15, -0.1) is 0 Å². The molecule has 156 valence electrons. The summed E-state index contributed by atoms with van der Waals surface area (Å²) >= 11 is 0. The molecule has 0 radical (unpaired) electrons. The van der Waals surface area contributed by atoms with Crippen molar-refractivity contribution in [1.82, 2.24) is 14.8 Å². The molecule has 0 aliphatic carbocycles. The van der Waals surface area contributed by atoms with Crippen molar-refractivity contribution >= 4 is 34.9 Å². The first kappa shape index (κ1) is 19.8. The average molecular weight is 408 g/mol. The molecule has 3 amide bonds. The van der Waals surface area contributed by atoms with Crippen molar-refractivity contribution in [3.8, 4) is 0 Å². The number of hydrogen-bond acceptors (Lipinski definition) is 6. The molecule has 1 aromatic carbocycles. The summed E-state index contributed by atoms with van der Waals surface area (Å²) in [4.78, 5) is 47.1. The van der Waals surface area contributed by atoms with Crippen LogP contribution in [-0.2, 0) is 4.79 Å². The molecule has 0 spiro atoms. The van der Waals surface area contributed by atoms with Crippen LogP contribution in [0.2, 0.25) is 0 Å². The maximum Gasteiger partial charge on any atom is 0.257 e. The standard InChI is InChI=1S/C21H24N6O3/c1-25-6-8-27(9-7-25)21(30)14-4-3-5-16(10-14)24-20(29)15-11-17-19(22-12-15)23-13-18(28)26(17)2/h3-5,10-12H,6-9,13H2,1-2H3,(H,22,23)(H,24,29). The Kier molecular flexibility index (Phi) is 5.37. The quantitative estimate of drug-likeness (QED) is 0.790. The van der Waals surface area contributed by atoms with Crippen molar-refractivity contribution in [2.45, 2.75) is 0 Å². The van der Waals surface area contributed by atoms with E-state index in [1.165, 1.54) is 11.1 Å². The SMILES string of the molecule is CN1CCN(C(=O)c2cccc(NC(=O)c3cnc4c(c3)N(C)C(=O)CN4)c2)CC1. The van der Waals surface area contributed by atoms with Gasteiger partial charge in [0.05, 0.1) is 17.8 Å². The Bertz CT molecular complexity index is 1000. The lowest BCUT2D eigenvalue weighted by molar-refractivity contribution is -0.116. The van der Waals surface area contributed by atoms with Gasteiger partial charge in [-0.2, -0.15) is 0 Å². The molecule has 0 bridgehead atoms. The first-order chi connectivity index (χ1) is 14.4. The number of pyridine rings is 1. The van der Waals surface area contributed by atoms with E-state index in [1.54, 1.807) is 37.4 Å². The third kappa shape index (κ3) is 3.97. The van der Waals surface area contributed by atoms with Crippen molar-refractivity contribution in [3.63, 3.8) is 0 Å². The Morgan fingerprint density at radius 3 is 2.60 bits per heavy atom. The zero-order valence-electron chi connectivity index (χ0n) is 17.0. The van der Waals surface area contributed by atoms with Crippen molar-refractivity contribution in [2.75, 3.05) is 62.4 Å². The van der Waals surface area contributed by atoms with Gasteiger partial charge in [0.25, 0.3) is 11.8 Å². The molecule has 0 saturated carbocycles. The highest BCUT2D eigenvalue weighted by atomic mass is 16.2. The minimum Gasteiger partial charge on any atom is -0.359 e. The molecule has 2 N–H and O–H groups in total. The number of likely N-dealkylation sites (N-methyl/N-ethyl adjacent to an activating group) is 2. The zero-order valence-corrected chi connectivity index (χ0v) is 17.0. The summed E-state index contributed by atoms with van der Waals surface area (Å²) in [6.07, 6.45) is 1.46. The van der Waals surface area contributed by atoms with E-state index in [2.05, 4.69) is 20.5 Å². The monoisotopic (exact) mass is 408 g/mol. The van der Waals surface area contributed by atoms with Gasteiger partial charge < -0.3 is 25.3 Å². The van der Waals surface area contributed by atoms with E-state index in [0.29, 0.717) is 41.4 Å². The number of nitrogens with one attached hydrogen (secondary N) is 2. The Balaban J connectivity index is 1.48. The lowest BCUT2D eigenvalue weighted by Crippen LogP contribution is -2.47. The molecule has 9 nitrogen and oxygen atoms in total. The van der Waals surface area contributed by atoms with Crippen LogP contribution < -0.4 is 15.5 Å². The fraction of sp³-hybridized carbons (Fsp3) is 0.333. The number of rotatable bonds is 3. The largest absolute Gasteiger partial charge is 0.359 e. The lowest BCUT2D eigenvalue weighted by Gasteiger charge is -2.32. The number of benzene rings is 1. The minimum atomic E-state index is -0.360.